The molecule has 1 aliphatic heterocycles. The summed E-state index contributed by atoms with van der Waals surface area (Å²) in [6, 6.07) is 0.327. The lowest BCUT2D eigenvalue weighted by Gasteiger charge is -2.36. The second-order valence-electron chi connectivity index (χ2n) is 6.23. The van der Waals surface area contributed by atoms with Crippen LogP contribution < -0.4 is 5.32 Å². The highest BCUT2D eigenvalue weighted by molar-refractivity contribution is 5.79. The number of ether oxygens (including phenoxy) is 2. The fraction of sp³-hybridized carbons (Fsp3) is 0.933. The van der Waals surface area contributed by atoms with Crippen LogP contribution in [-0.4, -0.2) is 30.9 Å². The number of carbonyl (C=O) groups excluding carboxylic acids is 1. The molecule has 1 spiro atoms. The predicted octanol–water partition coefficient (Wildman–Crippen LogP) is 2.37. The van der Waals surface area contributed by atoms with E-state index >= 15 is 0 Å². The van der Waals surface area contributed by atoms with Gasteiger partial charge in [-0.1, -0.05) is 19.3 Å². The molecule has 3 aliphatic rings. The lowest BCUT2D eigenvalue weighted by Crippen LogP contribution is -2.45. The molecular formula is C15H25NO3. The van der Waals surface area contributed by atoms with E-state index in [1.54, 1.807) is 0 Å². The third-order valence-electron chi connectivity index (χ3n) is 4.88. The van der Waals surface area contributed by atoms with Gasteiger partial charge in [0.25, 0.3) is 0 Å². The van der Waals surface area contributed by atoms with Crippen molar-refractivity contribution in [2.45, 2.75) is 69.6 Å². The Labute approximate surface area is 115 Å². The number of rotatable bonds is 2. The molecule has 1 amide bonds. The number of hydrogen-bond donors (Lipinski definition) is 1. The first-order chi connectivity index (χ1) is 9.27. The first-order valence-corrected chi connectivity index (χ1v) is 7.86. The maximum absolute atomic E-state index is 12.2. The quantitative estimate of drug-likeness (QED) is 0.835. The summed E-state index contributed by atoms with van der Waals surface area (Å²) in [5.74, 6) is 0.240. The zero-order valence-electron chi connectivity index (χ0n) is 11.7. The highest BCUT2D eigenvalue weighted by Crippen LogP contribution is 2.36. The summed E-state index contributed by atoms with van der Waals surface area (Å²) in [5.41, 5.74) is 0. The van der Waals surface area contributed by atoms with E-state index in [1.165, 1.54) is 19.3 Å². The second-order valence-corrected chi connectivity index (χ2v) is 6.23. The van der Waals surface area contributed by atoms with Crippen LogP contribution in [0.4, 0.5) is 0 Å². The average Bonchev–Trinajstić information content (AvgIpc) is 2.91. The Kier molecular flexibility index (Phi) is 4.08. The van der Waals surface area contributed by atoms with Gasteiger partial charge in [-0.2, -0.15) is 0 Å². The molecule has 1 heterocycles. The number of carbonyl (C=O) groups is 1. The minimum atomic E-state index is -0.313. The second kappa shape index (κ2) is 5.80. The van der Waals surface area contributed by atoms with Crippen LogP contribution in [0.5, 0.6) is 0 Å². The van der Waals surface area contributed by atoms with E-state index < -0.39 is 0 Å². The third kappa shape index (κ3) is 3.11. The summed E-state index contributed by atoms with van der Waals surface area (Å²) in [7, 11) is 0. The molecule has 1 saturated heterocycles. The molecule has 0 bridgehead atoms. The molecule has 4 heteroatoms. The SMILES string of the molecule is O=C(NC1CCC2(CC1)OCCO2)C1CCCCC1. The Bertz CT molecular complexity index is 309. The summed E-state index contributed by atoms with van der Waals surface area (Å²) in [4.78, 5) is 12.2. The third-order valence-corrected chi connectivity index (χ3v) is 4.88. The average molecular weight is 267 g/mol. The van der Waals surface area contributed by atoms with Crippen molar-refractivity contribution in [2.75, 3.05) is 13.2 Å². The van der Waals surface area contributed by atoms with E-state index in [0.29, 0.717) is 6.04 Å². The maximum Gasteiger partial charge on any atom is 0.223 e. The monoisotopic (exact) mass is 267 g/mol. The summed E-state index contributed by atoms with van der Waals surface area (Å²) < 4.78 is 11.4. The Balaban J connectivity index is 1.45. The molecule has 0 aromatic rings. The molecule has 4 nitrogen and oxygen atoms in total. The van der Waals surface area contributed by atoms with Crippen LogP contribution >= 0.6 is 0 Å². The molecule has 0 aromatic heterocycles. The lowest BCUT2D eigenvalue weighted by molar-refractivity contribution is -0.180. The predicted molar refractivity (Wildman–Crippen MR) is 71.6 cm³/mol. The van der Waals surface area contributed by atoms with Crippen LogP contribution in [0, 0.1) is 5.92 Å². The van der Waals surface area contributed by atoms with Crippen LogP contribution in [0.3, 0.4) is 0 Å². The van der Waals surface area contributed by atoms with Crippen molar-refractivity contribution < 1.29 is 14.3 Å². The van der Waals surface area contributed by atoms with Gasteiger partial charge in [0.1, 0.15) is 0 Å². The molecule has 3 rings (SSSR count). The summed E-state index contributed by atoms with van der Waals surface area (Å²) >= 11 is 0. The highest BCUT2D eigenvalue weighted by atomic mass is 16.7. The molecule has 0 aromatic carbocycles. The van der Waals surface area contributed by atoms with Gasteiger partial charge in [-0.15, -0.1) is 0 Å². The molecule has 19 heavy (non-hydrogen) atoms. The fourth-order valence-corrected chi connectivity index (χ4v) is 3.67. The first-order valence-electron chi connectivity index (χ1n) is 7.86. The first kappa shape index (κ1) is 13.4. The highest BCUT2D eigenvalue weighted by Gasteiger charge is 2.40. The van der Waals surface area contributed by atoms with Crippen molar-refractivity contribution in [3.05, 3.63) is 0 Å². The van der Waals surface area contributed by atoms with Crippen molar-refractivity contribution in [1.82, 2.24) is 5.32 Å². The van der Waals surface area contributed by atoms with Gasteiger partial charge in [0.2, 0.25) is 5.91 Å². The van der Waals surface area contributed by atoms with Crippen molar-refractivity contribution in [2.24, 2.45) is 5.92 Å². The van der Waals surface area contributed by atoms with Crippen molar-refractivity contribution in [3.8, 4) is 0 Å². The smallest absolute Gasteiger partial charge is 0.223 e. The van der Waals surface area contributed by atoms with E-state index in [-0.39, 0.29) is 17.6 Å². The standard InChI is InChI=1S/C15H25NO3/c17-14(12-4-2-1-3-5-12)16-13-6-8-15(9-7-13)18-10-11-19-15/h12-13H,1-11H2,(H,16,17). The van der Waals surface area contributed by atoms with Crippen LogP contribution in [0.25, 0.3) is 0 Å². The number of amides is 1. The van der Waals surface area contributed by atoms with E-state index in [4.69, 9.17) is 9.47 Å². The Hall–Kier alpha value is -0.610. The van der Waals surface area contributed by atoms with Crippen molar-refractivity contribution in [3.63, 3.8) is 0 Å². The van der Waals surface area contributed by atoms with Gasteiger partial charge >= 0.3 is 0 Å². The molecular weight excluding hydrogens is 242 g/mol. The zero-order chi connectivity index (χ0) is 13.1. The minimum Gasteiger partial charge on any atom is -0.353 e. The molecule has 2 saturated carbocycles. The molecule has 2 aliphatic carbocycles. The Morgan fingerprint density at radius 1 is 0.947 bits per heavy atom. The van der Waals surface area contributed by atoms with E-state index in [0.717, 1.165) is 51.7 Å². The molecule has 0 radical (unpaired) electrons. The van der Waals surface area contributed by atoms with Gasteiger partial charge in [0.05, 0.1) is 13.2 Å². The molecule has 0 unspecified atom stereocenters. The number of hydrogen-bond acceptors (Lipinski definition) is 3. The van der Waals surface area contributed by atoms with Crippen LogP contribution in [0.1, 0.15) is 57.8 Å². The van der Waals surface area contributed by atoms with Gasteiger partial charge in [0.15, 0.2) is 5.79 Å². The molecule has 0 atom stereocenters. The van der Waals surface area contributed by atoms with Gasteiger partial charge in [-0.05, 0) is 25.7 Å². The van der Waals surface area contributed by atoms with Crippen molar-refractivity contribution in [1.29, 1.82) is 0 Å². The van der Waals surface area contributed by atoms with Crippen LogP contribution in [0.15, 0.2) is 0 Å². The maximum atomic E-state index is 12.2. The number of nitrogens with one attached hydrogen (secondary N) is 1. The molecule has 1 N–H and O–H groups in total. The molecule has 108 valence electrons. The Morgan fingerprint density at radius 2 is 1.58 bits per heavy atom. The zero-order valence-corrected chi connectivity index (χ0v) is 11.7. The fourth-order valence-electron chi connectivity index (χ4n) is 3.67. The van der Waals surface area contributed by atoms with E-state index in [2.05, 4.69) is 5.32 Å². The topological polar surface area (TPSA) is 47.6 Å². The van der Waals surface area contributed by atoms with Crippen LogP contribution in [-0.2, 0) is 14.3 Å². The van der Waals surface area contributed by atoms with Crippen LogP contribution in [0.2, 0.25) is 0 Å². The summed E-state index contributed by atoms with van der Waals surface area (Å²) in [6.07, 6.45) is 9.69. The van der Waals surface area contributed by atoms with Gasteiger partial charge in [-0.25, -0.2) is 0 Å². The largest absolute Gasteiger partial charge is 0.353 e. The molecule has 3 fully saturated rings. The van der Waals surface area contributed by atoms with Gasteiger partial charge in [0, 0.05) is 24.8 Å². The van der Waals surface area contributed by atoms with Gasteiger partial charge < -0.3 is 14.8 Å². The summed E-state index contributed by atoms with van der Waals surface area (Å²) in [6.45, 7) is 1.44. The lowest BCUT2D eigenvalue weighted by atomic mass is 9.86. The minimum absolute atomic E-state index is 0.267. The Morgan fingerprint density at radius 3 is 2.21 bits per heavy atom. The van der Waals surface area contributed by atoms with E-state index in [1.807, 2.05) is 0 Å². The van der Waals surface area contributed by atoms with Crippen molar-refractivity contribution >= 4 is 5.91 Å². The van der Waals surface area contributed by atoms with Gasteiger partial charge in [-0.3, -0.25) is 4.79 Å². The van der Waals surface area contributed by atoms with E-state index in [9.17, 15) is 4.79 Å². The normalized spacial score (nSPS) is 28.6. The summed E-state index contributed by atoms with van der Waals surface area (Å²) in [5, 5.41) is 3.24.